The smallest absolute Gasteiger partial charge is 0.0416 e. The molecule has 0 unspecified atom stereocenters. The van der Waals surface area contributed by atoms with E-state index < -0.39 is 0 Å². The van der Waals surface area contributed by atoms with Crippen LogP contribution in [0.25, 0.3) is 10.8 Å². The Morgan fingerprint density at radius 2 is 1.40 bits per heavy atom. The summed E-state index contributed by atoms with van der Waals surface area (Å²) in [6.45, 7) is 2.27. The topological polar surface area (TPSA) is 12.0 Å². The third kappa shape index (κ3) is 5.09. The number of aryl methyl sites for hydroxylation is 1. The van der Waals surface area contributed by atoms with E-state index in [1.165, 1.54) is 60.5 Å². The molecule has 25 heavy (non-hydrogen) atoms. The van der Waals surface area contributed by atoms with Crippen LogP contribution in [0, 0.1) is 0 Å². The lowest BCUT2D eigenvalue weighted by Gasteiger charge is -2.13. The summed E-state index contributed by atoms with van der Waals surface area (Å²) in [5.41, 5.74) is 3.83. The molecule has 0 aliphatic heterocycles. The highest BCUT2D eigenvalue weighted by Crippen LogP contribution is 2.25. The Kier molecular flexibility index (Phi) is 6.50. The molecule has 1 nitrogen and oxygen atoms in total. The van der Waals surface area contributed by atoms with Crippen LogP contribution in [0.1, 0.15) is 51.0 Å². The molecule has 0 atom stereocenters. The largest absolute Gasteiger partial charge is 0.355 e. The van der Waals surface area contributed by atoms with Crippen molar-refractivity contribution >= 4 is 22.1 Å². The summed E-state index contributed by atoms with van der Waals surface area (Å²) in [7, 11) is 0. The predicted molar refractivity (Wildman–Crippen MR) is 111 cm³/mol. The van der Waals surface area contributed by atoms with Gasteiger partial charge in [-0.15, -0.1) is 0 Å². The van der Waals surface area contributed by atoms with Crippen LogP contribution in [-0.2, 0) is 6.42 Å². The minimum atomic E-state index is 1.16. The zero-order valence-corrected chi connectivity index (χ0v) is 15.3. The highest BCUT2D eigenvalue weighted by atomic mass is 14.9. The van der Waals surface area contributed by atoms with Crippen molar-refractivity contribution in [1.29, 1.82) is 0 Å². The Morgan fingerprint density at radius 3 is 2.28 bits per heavy atom. The van der Waals surface area contributed by atoms with Crippen molar-refractivity contribution in [1.82, 2.24) is 0 Å². The maximum absolute atomic E-state index is 3.63. The van der Waals surface area contributed by atoms with Gasteiger partial charge in [0, 0.05) is 11.4 Å². The van der Waals surface area contributed by atoms with Crippen LogP contribution in [0.2, 0.25) is 0 Å². The Morgan fingerprint density at radius 1 is 0.680 bits per heavy atom. The van der Waals surface area contributed by atoms with Crippen LogP contribution in [0.3, 0.4) is 0 Å². The molecule has 0 amide bonds. The van der Waals surface area contributed by atoms with Crippen molar-refractivity contribution in [3.63, 3.8) is 0 Å². The molecule has 1 heteroatoms. The van der Waals surface area contributed by atoms with Crippen molar-refractivity contribution in [2.24, 2.45) is 0 Å². The highest BCUT2D eigenvalue weighted by Gasteiger charge is 2.03. The van der Waals surface area contributed by atoms with Gasteiger partial charge in [0.05, 0.1) is 0 Å². The fraction of sp³-hybridized carbons (Fsp3) is 0.333. The number of fused-ring (bicyclic) bond motifs is 1. The molecule has 0 bridgehead atoms. The van der Waals surface area contributed by atoms with Gasteiger partial charge < -0.3 is 5.32 Å². The van der Waals surface area contributed by atoms with Crippen molar-refractivity contribution in [3.05, 3.63) is 72.3 Å². The lowest BCUT2D eigenvalue weighted by Crippen LogP contribution is -1.96. The Balaban J connectivity index is 1.63. The lowest BCUT2D eigenvalue weighted by atomic mass is 10.0. The lowest BCUT2D eigenvalue weighted by molar-refractivity contribution is 0.608. The van der Waals surface area contributed by atoms with Crippen LogP contribution < -0.4 is 5.32 Å². The number of para-hydroxylation sites is 1. The zero-order chi connectivity index (χ0) is 17.3. The van der Waals surface area contributed by atoms with Crippen molar-refractivity contribution < 1.29 is 0 Å². The van der Waals surface area contributed by atoms with Crippen LogP contribution in [0.15, 0.2) is 66.7 Å². The Labute approximate surface area is 152 Å². The number of anilines is 2. The van der Waals surface area contributed by atoms with Gasteiger partial charge in [0.2, 0.25) is 0 Å². The number of benzene rings is 3. The van der Waals surface area contributed by atoms with Crippen molar-refractivity contribution in [2.75, 3.05) is 5.32 Å². The zero-order valence-electron chi connectivity index (χ0n) is 15.3. The van der Waals surface area contributed by atoms with Gasteiger partial charge in [-0.3, -0.25) is 0 Å². The Bertz CT molecular complexity index is 791. The molecular weight excluding hydrogens is 302 g/mol. The van der Waals surface area contributed by atoms with E-state index in [9.17, 15) is 0 Å². The first-order chi connectivity index (χ1) is 12.4. The summed E-state index contributed by atoms with van der Waals surface area (Å²) in [6.07, 6.45) is 9.22. The van der Waals surface area contributed by atoms with Crippen LogP contribution in [0.5, 0.6) is 0 Å². The number of rotatable bonds is 9. The molecular formula is C24H29N. The van der Waals surface area contributed by atoms with E-state index in [-0.39, 0.29) is 0 Å². The molecule has 0 saturated heterocycles. The molecule has 0 heterocycles. The number of nitrogens with one attached hydrogen (secondary N) is 1. The first-order valence-electron chi connectivity index (χ1n) is 9.70. The fourth-order valence-electron chi connectivity index (χ4n) is 3.38. The summed E-state index contributed by atoms with van der Waals surface area (Å²) in [6, 6.07) is 23.8. The summed E-state index contributed by atoms with van der Waals surface area (Å²) in [5, 5.41) is 6.19. The van der Waals surface area contributed by atoms with Crippen LogP contribution in [-0.4, -0.2) is 0 Å². The minimum absolute atomic E-state index is 1.16. The molecule has 3 aromatic carbocycles. The molecule has 0 aliphatic carbocycles. The fourth-order valence-corrected chi connectivity index (χ4v) is 3.38. The molecule has 3 rings (SSSR count). The van der Waals surface area contributed by atoms with E-state index in [0.29, 0.717) is 0 Å². The molecule has 0 saturated carbocycles. The highest BCUT2D eigenvalue weighted by molar-refractivity contribution is 5.86. The van der Waals surface area contributed by atoms with Crippen molar-refractivity contribution in [3.8, 4) is 0 Å². The van der Waals surface area contributed by atoms with E-state index >= 15 is 0 Å². The van der Waals surface area contributed by atoms with Gasteiger partial charge in [-0.2, -0.15) is 0 Å². The summed E-state index contributed by atoms with van der Waals surface area (Å²) in [5.74, 6) is 0. The van der Waals surface area contributed by atoms with Crippen LogP contribution in [0.4, 0.5) is 11.4 Å². The first-order valence-corrected chi connectivity index (χ1v) is 9.70. The van der Waals surface area contributed by atoms with E-state index in [2.05, 4.69) is 79.0 Å². The van der Waals surface area contributed by atoms with E-state index in [0.717, 1.165) is 12.1 Å². The molecule has 3 aromatic rings. The monoisotopic (exact) mass is 331 g/mol. The average molecular weight is 332 g/mol. The Hall–Kier alpha value is -2.28. The second-order valence-electron chi connectivity index (χ2n) is 6.86. The number of unbranched alkanes of at least 4 members (excludes halogenated alkanes) is 5. The van der Waals surface area contributed by atoms with E-state index in [1.807, 2.05) is 0 Å². The van der Waals surface area contributed by atoms with E-state index in [1.54, 1.807) is 0 Å². The van der Waals surface area contributed by atoms with Gasteiger partial charge in [-0.25, -0.2) is 0 Å². The number of hydrogen-bond acceptors (Lipinski definition) is 1. The predicted octanol–water partition coefficient (Wildman–Crippen LogP) is 7.49. The molecule has 0 aliphatic rings. The minimum Gasteiger partial charge on any atom is -0.355 e. The van der Waals surface area contributed by atoms with Gasteiger partial charge in [0.25, 0.3) is 0 Å². The van der Waals surface area contributed by atoms with Crippen molar-refractivity contribution in [2.45, 2.75) is 51.9 Å². The standard InChI is InChI=1S/C24H29N/c1-2-3-4-5-6-7-13-21-14-10-11-16-24(21)25-23-18-17-20-12-8-9-15-22(20)19-23/h8-12,14-19,25H,2-7,13H2,1H3. The van der Waals surface area contributed by atoms with Crippen LogP contribution >= 0.6 is 0 Å². The van der Waals surface area contributed by atoms with Gasteiger partial charge in [-0.05, 0) is 47.4 Å². The molecule has 0 fully saturated rings. The maximum atomic E-state index is 3.63. The third-order valence-corrected chi connectivity index (χ3v) is 4.85. The maximum Gasteiger partial charge on any atom is 0.0416 e. The second kappa shape index (κ2) is 9.27. The number of hydrogen-bond donors (Lipinski definition) is 1. The SMILES string of the molecule is CCCCCCCCc1ccccc1Nc1ccc2ccccc2c1. The summed E-state index contributed by atoms with van der Waals surface area (Å²) >= 11 is 0. The molecule has 1 N–H and O–H groups in total. The second-order valence-corrected chi connectivity index (χ2v) is 6.86. The molecule has 0 radical (unpaired) electrons. The third-order valence-electron chi connectivity index (χ3n) is 4.85. The first kappa shape index (κ1) is 17.5. The van der Waals surface area contributed by atoms with E-state index in [4.69, 9.17) is 0 Å². The van der Waals surface area contributed by atoms with Gasteiger partial charge >= 0.3 is 0 Å². The van der Waals surface area contributed by atoms with Gasteiger partial charge in [0.15, 0.2) is 0 Å². The summed E-state index contributed by atoms with van der Waals surface area (Å²) in [4.78, 5) is 0. The molecule has 130 valence electrons. The van der Waals surface area contributed by atoms with Gasteiger partial charge in [0.1, 0.15) is 0 Å². The average Bonchev–Trinajstić information content (AvgIpc) is 2.66. The van der Waals surface area contributed by atoms with Gasteiger partial charge in [-0.1, -0.05) is 87.6 Å². The molecule has 0 aromatic heterocycles. The quantitative estimate of drug-likeness (QED) is 0.400. The normalized spacial score (nSPS) is 10.9. The molecule has 0 spiro atoms. The summed E-state index contributed by atoms with van der Waals surface area (Å²) < 4.78 is 0.